The first kappa shape index (κ1) is 16.4. The monoisotopic (exact) mass is 312 g/mol. The maximum absolute atomic E-state index is 12.4. The van der Waals surface area contributed by atoms with E-state index in [-0.39, 0.29) is 21.7 Å². The van der Waals surface area contributed by atoms with E-state index >= 15 is 0 Å². The van der Waals surface area contributed by atoms with E-state index in [2.05, 4.69) is 5.32 Å². The number of benzene rings is 1. The Labute approximate surface area is 121 Å². The number of anilines is 1. The maximum Gasteiger partial charge on any atom is 0.446 e. The maximum atomic E-state index is 12.4. The molecule has 0 unspecified atom stereocenters. The molecule has 1 rings (SSSR count). The summed E-state index contributed by atoms with van der Waals surface area (Å²) in [5.74, 6) is -0.896. The van der Waals surface area contributed by atoms with E-state index in [4.69, 9.17) is 16.3 Å². The number of alkyl halides is 3. The Bertz CT molecular complexity index is 655. The minimum atomic E-state index is -4.52. The van der Waals surface area contributed by atoms with Gasteiger partial charge in [-0.15, -0.1) is 0 Å². The summed E-state index contributed by atoms with van der Waals surface area (Å²) in [5.41, 5.74) is 0.222. The van der Waals surface area contributed by atoms with Gasteiger partial charge >= 0.3 is 5.51 Å². The molecule has 1 aromatic rings. The molecule has 0 heterocycles. The van der Waals surface area contributed by atoms with Crippen molar-refractivity contribution in [2.45, 2.75) is 10.4 Å². The lowest BCUT2D eigenvalue weighted by atomic mass is 10.2. The van der Waals surface area contributed by atoms with Gasteiger partial charge in [0.2, 0.25) is 5.91 Å². The topological polar surface area (TPSA) is 103 Å². The van der Waals surface area contributed by atoms with Crippen LogP contribution >= 0.6 is 11.8 Å². The Morgan fingerprint density at radius 2 is 1.90 bits per heavy atom. The van der Waals surface area contributed by atoms with Crippen molar-refractivity contribution in [3.05, 3.63) is 35.5 Å². The molecule has 0 radical (unpaired) electrons. The number of nitriles is 2. The third-order valence-electron chi connectivity index (χ3n) is 2.05. The zero-order valence-electron chi connectivity index (χ0n) is 10.2. The first-order chi connectivity index (χ1) is 9.75. The number of carbonyl (C=O) groups is 1. The van der Waals surface area contributed by atoms with Crippen LogP contribution in [-0.2, 0) is 0 Å². The molecule has 9 heteroatoms. The molecule has 1 aromatic carbocycles. The van der Waals surface area contributed by atoms with Gasteiger partial charge in [0.25, 0.3) is 0 Å². The van der Waals surface area contributed by atoms with E-state index in [1.807, 2.05) is 0 Å². The summed E-state index contributed by atoms with van der Waals surface area (Å²) in [4.78, 5) is 10.9. The van der Waals surface area contributed by atoms with Crippen LogP contribution in [0.3, 0.4) is 0 Å². The minimum absolute atomic E-state index is 0.0982. The zero-order chi connectivity index (χ0) is 16.0. The number of thioether (sulfide) groups is 1. The molecule has 0 saturated heterocycles. The molecule has 21 heavy (non-hydrogen) atoms. The average Bonchev–Trinajstić information content (AvgIpc) is 2.37. The van der Waals surface area contributed by atoms with E-state index < -0.39 is 23.2 Å². The van der Waals surface area contributed by atoms with Gasteiger partial charge in [-0.25, -0.2) is 0 Å². The summed E-state index contributed by atoms with van der Waals surface area (Å²) in [6.07, 6.45) is 1.02. The molecule has 0 bridgehead atoms. The van der Waals surface area contributed by atoms with Crippen LogP contribution in [0, 0.1) is 22.7 Å². The molecule has 0 saturated carbocycles. The second kappa shape index (κ2) is 6.68. The van der Waals surface area contributed by atoms with Gasteiger partial charge in [0, 0.05) is 22.3 Å². The highest BCUT2D eigenvalue weighted by Crippen LogP contribution is 2.38. The van der Waals surface area contributed by atoms with E-state index in [0.717, 1.165) is 18.3 Å². The minimum Gasteiger partial charge on any atom is -0.366 e. The Hall–Kier alpha value is -2.65. The van der Waals surface area contributed by atoms with Crippen molar-refractivity contribution < 1.29 is 18.0 Å². The number of carbonyl (C=O) groups excluding carboxylic acids is 1. The predicted octanol–water partition coefficient (Wildman–Crippen LogP) is 2.74. The van der Waals surface area contributed by atoms with Crippen molar-refractivity contribution in [2.24, 2.45) is 5.73 Å². The van der Waals surface area contributed by atoms with Crippen molar-refractivity contribution in [3.8, 4) is 12.1 Å². The van der Waals surface area contributed by atoms with E-state index in [1.54, 1.807) is 12.1 Å². The van der Waals surface area contributed by atoms with Crippen molar-refractivity contribution in [1.82, 2.24) is 0 Å². The van der Waals surface area contributed by atoms with Crippen LogP contribution in [-0.4, -0.2) is 11.4 Å². The molecule has 1 amide bonds. The van der Waals surface area contributed by atoms with E-state index in [9.17, 15) is 18.0 Å². The van der Waals surface area contributed by atoms with Crippen molar-refractivity contribution in [3.63, 3.8) is 0 Å². The summed E-state index contributed by atoms with van der Waals surface area (Å²) in [6.45, 7) is 0. The largest absolute Gasteiger partial charge is 0.446 e. The molecular formula is C12H7F3N4OS. The summed E-state index contributed by atoms with van der Waals surface area (Å²) in [5, 5.41) is 19.6. The molecule has 0 spiro atoms. The number of nitrogens with two attached hydrogens (primary N) is 1. The van der Waals surface area contributed by atoms with Crippen molar-refractivity contribution in [2.75, 3.05) is 5.32 Å². The van der Waals surface area contributed by atoms with Gasteiger partial charge in [-0.1, -0.05) is 0 Å². The van der Waals surface area contributed by atoms with Crippen LogP contribution in [0.1, 0.15) is 10.4 Å². The lowest BCUT2D eigenvalue weighted by Crippen LogP contribution is -2.11. The quantitative estimate of drug-likeness (QED) is 0.657. The highest BCUT2D eigenvalue weighted by Gasteiger charge is 2.29. The third-order valence-corrected chi connectivity index (χ3v) is 2.75. The number of halogens is 3. The van der Waals surface area contributed by atoms with Gasteiger partial charge in [-0.2, -0.15) is 23.7 Å². The van der Waals surface area contributed by atoms with Crippen LogP contribution in [0.2, 0.25) is 0 Å². The van der Waals surface area contributed by atoms with Crippen LogP contribution in [0.4, 0.5) is 18.9 Å². The molecule has 108 valence electrons. The molecule has 0 aromatic heterocycles. The van der Waals surface area contributed by atoms with E-state index in [0.29, 0.717) is 0 Å². The fraction of sp³-hybridized carbons (Fsp3) is 0.0833. The lowest BCUT2D eigenvalue weighted by Gasteiger charge is -2.09. The van der Waals surface area contributed by atoms with Gasteiger partial charge in [-0.05, 0) is 30.0 Å². The number of hydrogen-bond acceptors (Lipinski definition) is 5. The third kappa shape index (κ3) is 5.47. The number of rotatable bonds is 4. The molecule has 0 aliphatic carbocycles. The highest BCUT2D eigenvalue weighted by molar-refractivity contribution is 8.00. The van der Waals surface area contributed by atoms with Crippen LogP contribution < -0.4 is 11.1 Å². The first-order valence-electron chi connectivity index (χ1n) is 5.22. The van der Waals surface area contributed by atoms with Gasteiger partial charge in [-0.3, -0.25) is 4.79 Å². The second-order valence-corrected chi connectivity index (χ2v) is 4.72. The molecule has 0 atom stereocenters. The summed E-state index contributed by atoms with van der Waals surface area (Å²) >= 11 is -0.406. The molecule has 0 aliphatic heterocycles. The molecule has 5 nitrogen and oxygen atoms in total. The summed E-state index contributed by atoms with van der Waals surface area (Å²) in [7, 11) is 0. The smallest absolute Gasteiger partial charge is 0.366 e. The molecular weight excluding hydrogens is 305 g/mol. The predicted molar refractivity (Wildman–Crippen MR) is 69.8 cm³/mol. The van der Waals surface area contributed by atoms with Gasteiger partial charge < -0.3 is 11.1 Å². The number of nitrogens with zero attached hydrogens (tertiary/aromatic N) is 2. The van der Waals surface area contributed by atoms with Gasteiger partial charge in [0.15, 0.2) is 0 Å². The fourth-order valence-corrected chi connectivity index (χ4v) is 1.90. The van der Waals surface area contributed by atoms with Crippen LogP contribution in [0.15, 0.2) is 34.9 Å². The Balaban J connectivity index is 3.15. The zero-order valence-corrected chi connectivity index (χ0v) is 11.0. The van der Waals surface area contributed by atoms with Crippen molar-refractivity contribution >= 4 is 23.4 Å². The highest BCUT2D eigenvalue weighted by atomic mass is 32.2. The SMILES string of the molecule is N#CC(C#N)=CNc1cc(SC(F)(F)F)cc(C(N)=O)c1. The fourth-order valence-electron chi connectivity index (χ4n) is 1.26. The van der Waals surface area contributed by atoms with Gasteiger partial charge in [0.05, 0.1) is 0 Å². The molecule has 3 N–H and O–H groups in total. The first-order valence-corrected chi connectivity index (χ1v) is 6.04. The Kier molecular flexibility index (Phi) is 5.22. The number of hydrogen-bond donors (Lipinski definition) is 2. The average molecular weight is 312 g/mol. The number of nitrogens with one attached hydrogen (secondary N) is 1. The van der Waals surface area contributed by atoms with E-state index in [1.165, 1.54) is 6.07 Å². The number of primary amides is 1. The second-order valence-electron chi connectivity index (χ2n) is 3.58. The normalized spacial score (nSPS) is 10.1. The number of amides is 1. The van der Waals surface area contributed by atoms with Crippen LogP contribution in [0.5, 0.6) is 0 Å². The Morgan fingerprint density at radius 3 is 2.38 bits per heavy atom. The number of allylic oxidation sites excluding steroid dienone is 1. The van der Waals surface area contributed by atoms with Crippen LogP contribution in [0.25, 0.3) is 0 Å². The molecule has 0 aliphatic rings. The summed E-state index contributed by atoms with van der Waals surface area (Å²) in [6, 6.07) is 6.48. The molecule has 0 fully saturated rings. The van der Waals surface area contributed by atoms with Crippen molar-refractivity contribution in [1.29, 1.82) is 10.5 Å². The van der Waals surface area contributed by atoms with Gasteiger partial charge in [0.1, 0.15) is 17.7 Å². The standard InChI is InChI=1S/C12H7F3N4OS/c13-12(14,15)21-10-2-8(11(18)20)1-9(3-10)19-6-7(4-16)5-17/h1-3,6,19H,(H2,18,20). The Morgan fingerprint density at radius 1 is 1.29 bits per heavy atom. The lowest BCUT2D eigenvalue weighted by molar-refractivity contribution is -0.0328. The summed E-state index contributed by atoms with van der Waals surface area (Å²) < 4.78 is 37.1.